The zero-order valence-electron chi connectivity index (χ0n) is 7.19. The minimum absolute atomic E-state index is 0.224. The average molecular weight is 181 g/mol. The molecule has 0 aromatic carbocycles. The maximum absolute atomic E-state index is 11.3. The van der Waals surface area contributed by atoms with Gasteiger partial charge < -0.3 is 10.5 Å². The smallest absolute Gasteiger partial charge is 0.299 e. The van der Waals surface area contributed by atoms with E-state index in [1.807, 2.05) is 4.57 Å². The molecule has 0 bridgehead atoms. The lowest BCUT2D eigenvalue weighted by Crippen LogP contribution is -2.18. The van der Waals surface area contributed by atoms with Gasteiger partial charge in [-0.05, 0) is 13.0 Å². The fourth-order valence-electron chi connectivity index (χ4n) is 1.36. The quantitative estimate of drug-likeness (QED) is 0.644. The summed E-state index contributed by atoms with van der Waals surface area (Å²) >= 11 is 0. The fourth-order valence-corrected chi connectivity index (χ4v) is 1.36. The van der Waals surface area contributed by atoms with E-state index < -0.39 is 0 Å². The molecule has 1 aliphatic heterocycles. The van der Waals surface area contributed by atoms with Crippen molar-refractivity contribution >= 4 is 0 Å². The third kappa shape index (κ3) is 1.42. The first-order chi connectivity index (χ1) is 6.31. The van der Waals surface area contributed by atoms with E-state index in [9.17, 15) is 4.79 Å². The Morgan fingerprint density at radius 2 is 2.54 bits per heavy atom. The lowest BCUT2D eigenvalue weighted by Gasteiger charge is -2.02. The third-order valence-electron chi connectivity index (χ3n) is 2.01. The van der Waals surface area contributed by atoms with Crippen LogP contribution >= 0.6 is 0 Å². The number of ether oxygens (including phenoxy) is 1. The maximum Gasteiger partial charge on any atom is 0.299 e. The molecule has 13 heavy (non-hydrogen) atoms. The minimum Gasteiger partial charge on any atom is -0.463 e. The first-order valence-corrected chi connectivity index (χ1v) is 4.24. The van der Waals surface area contributed by atoms with E-state index in [-0.39, 0.29) is 5.56 Å². The van der Waals surface area contributed by atoms with Crippen molar-refractivity contribution in [1.29, 1.82) is 0 Å². The second-order valence-electron chi connectivity index (χ2n) is 2.93. The largest absolute Gasteiger partial charge is 0.463 e. The Bertz CT molecular complexity index is 372. The van der Waals surface area contributed by atoms with Gasteiger partial charge in [-0.1, -0.05) is 0 Å². The zero-order valence-corrected chi connectivity index (χ0v) is 7.19. The third-order valence-corrected chi connectivity index (χ3v) is 2.01. The molecule has 0 aliphatic carbocycles. The normalized spacial score (nSPS) is 13.9. The van der Waals surface area contributed by atoms with Gasteiger partial charge in [0.05, 0.1) is 6.54 Å². The summed E-state index contributed by atoms with van der Waals surface area (Å²) in [7, 11) is 0. The molecule has 0 saturated heterocycles. The highest BCUT2D eigenvalue weighted by atomic mass is 16.5. The Labute approximate surface area is 75.1 Å². The van der Waals surface area contributed by atoms with Gasteiger partial charge >= 0.3 is 0 Å². The molecular formula is C8H11N3O2. The summed E-state index contributed by atoms with van der Waals surface area (Å²) < 4.78 is 6.97. The van der Waals surface area contributed by atoms with Crippen LogP contribution in [0.25, 0.3) is 0 Å². The van der Waals surface area contributed by atoms with Crippen molar-refractivity contribution < 1.29 is 4.74 Å². The first kappa shape index (κ1) is 8.25. The Morgan fingerprint density at radius 1 is 1.69 bits per heavy atom. The van der Waals surface area contributed by atoms with Gasteiger partial charge in [0.25, 0.3) is 11.6 Å². The monoisotopic (exact) mass is 181 g/mol. The van der Waals surface area contributed by atoms with Crippen molar-refractivity contribution in [2.24, 2.45) is 5.73 Å². The van der Waals surface area contributed by atoms with E-state index in [4.69, 9.17) is 10.5 Å². The second kappa shape index (κ2) is 3.18. The Balaban J connectivity index is 2.43. The van der Waals surface area contributed by atoms with Gasteiger partial charge in [-0.25, -0.2) is 0 Å². The summed E-state index contributed by atoms with van der Waals surface area (Å²) in [5.41, 5.74) is 5.81. The average Bonchev–Trinajstić information content (AvgIpc) is 2.52. The number of nitrogens with two attached hydrogens (primary N) is 1. The molecule has 1 aromatic rings. The van der Waals surface area contributed by atoms with Crippen LogP contribution in [0.4, 0.5) is 0 Å². The van der Waals surface area contributed by atoms with Crippen molar-refractivity contribution in [1.82, 2.24) is 9.55 Å². The zero-order chi connectivity index (χ0) is 9.26. The molecule has 2 N–H and O–H groups in total. The van der Waals surface area contributed by atoms with Crippen LogP contribution < -0.4 is 16.0 Å². The summed E-state index contributed by atoms with van der Waals surface area (Å²) in [6, 6.07) is 0.422. The van der Waals surface area contributed by atoms with Crippen molar-refractivity contribution in [2.75, 3.05) is 13.2 Å². The first-order valence-electron chi connectivity index (χ1n) is 4.24. The Morgan fingerprint density at radius 3 is 3.31 bits per heavy atom. The number of nitrogens with zero attached hydrogens (tertiary/aromatic N) is 2. The van der Waals surface area contributed by atoms with E-state index in [2.05, 4.69) is 4.98 Å². The van der Waals surface area contributed by atoms with Gasteiger partial charge in [0.2, 0.25) is 0 Å². The predicted molar refractivity (Wildman–Crippen MR) is 46.8 cm³/mol. The molecule has 5 heteroatoms. The summed E-state index contributed by atoms with van der Waals surface area (Å²) in [6.45, 7) is 1.83. The van der Waals surface area contributed by atoms with Crippen LogP contribution in [0.15, 0.2) is 11.0 Å². The van der Waals surface area contributed by atoms with Gasteiger partial charge in [-0.3, -0.25) is 9.36 Å². The molecule has 70 valence electrons. The topological polar surface area (TPSA) is 70.1 Å². The lowest BCUT2D eigenvalue weighted by molar-refractivity contribution is 0.343. The van der Waals surface area contributed by atoms with Gasteiger partial charge in [0.15, 0.2) is 0 Å². The fraction of sp³-hybridized carbons (Fsp3) is 0.500. The summed E-state index contributed by atoms with van der Waals surface area (Å²) in [5.74, 6) is 0. The van der Waals surface area contributed by atoms with Gasteiger partial charge in [0.1, 0.15) is 6.61 Å². The highest BCUT2D eigenvalue weighted by Crippen LogP contribution is 2.11. The van der Waals surface area contributed by atoms with Gasteiger partial charge in [0, 0.05) is 11.8 Å². The SMILES string of the molecule is NCCc1cn2c(nc1=O)OCC2. The highest BCUT2D eigenvalue weighted by molar-refractivity contribution is 5.12. The number of aromatic nitrogens is 2. The van der Waals surface area contributed by atoms with Crippen molar-refractivity contribution in [2.45, 2.75) is 13.0 Å². The molecule has 0 amide bonds. The van der Waals surface area contributed by atoms with Crippen LogP contribution in [0.5, 0.6) is 6.01 Å². The predicted octanol–water partition coefficient (Wildman–Crippen LogP) is -0.863. The molecule has 5 nitrogen and oxygen atoms in total. The summed E-state index contributed by atoms with van der Waals surface area (Å²) in [4.78, 5) is 15.1. The van der Waals surface area contributed by atoms with E-state index in [0.29, 0.717) is 31.1 Å². The van der Waals surface area contributed by atoms with E-state index >= 15 is 0 Å². The molecule has 0 atom stereocenters. The summed E-state index contributed by atoms with van der Waals surface area (Å²) in [5, 5.41) is 0. The minimum atomic E-state index is -0.224. The van der Waals surface area contributed by atoms with Crippen LogP contribution in [-0.4, -0.2) is 22.7 Å². The van der Waals surface area contributed by atoms with Crippen molar-refractivity contribution in [3.8, 4) is 6.01 Å². The maximum atomic E-state index is 11.3. The Kier molecular flexibility index (Phi) is 2.02. The van der Waals surface area contributed by atoms with Crippen LogP contribution in [0.3, 0.4) is 0 Å². The molecule has 0 fully saturated rings. The van der Waals surface area contributed by atoms with Crippen LogP contribution in [0.1, 0.15) is 5.56 Å². The molecule has 0 unspecified atom stereocenters. The van der Waals surface area contributed by atoms with Gasteiger partial charge in [-0.2, -0.15) is 4.98 Å². The number of hydrogen-bond donors (Lipinski definition) is 1. The molecule has 1 aromatic heterocycles. The van der Waals surface area contributed by atoms with E-state index in [0.717, 1.165) is 6.54 Å². The molecule has 0 radical (unpaired) electrons. The molecular weight excluding hydrogens is 170 g/mol. The van der Waals surface area contributed by atoms with E-state index in [1.54, 1.807) is 6.20 Å². The van der Waals surface area contributed by atoms with Crippen molar-refractivity contribution in [3.63, 3.8) is 0 Å². The van der Waals surface area contributed by atoms with E-state index in [1.165, 1.54) is 0 Å². The molecule has 2 rings (SSSR count). The second-order valence-corrected chi connectivity index (χ2v) is 2.93. The van der Waals surface area contributed by atoms with Crippen LogP contribution in [-0.2, 0) is 13.0 Å². The molecule has 1 aliphatic rings. The van der Waals surface area contributed by atoms with Crippen molar-refractivity contribution in [3.05, 3.63) is 22.1 Å². The number of fused-ring (bicyclic) bond motifs is 1. The number of rotatable bonds is 2. The Hall–Kier alpha value is -1.36. The van der Waals surface area contributed by atoms with Crippen LogP contribution in [0, 0.1) is 0 Å². The standard InChI is InChI=1S/C8H11N3O2/c9-2-1-6-5-11-3-4-13-8(11)10-7(6)12/h5H,1-4,9H2. The highest BCUT2D eigenvalue weighted by Gasteiger charge is 2.13. The van der Waals surface area contributed by atoms with Gasteiger partial charge in [-0.15, -0.1) is 0 Å². The molecule has 0 spiro atoms. The van der Waals surface area contributed by atoms with Crippen LogP contribution in [0.2, 0.25) is 0 Å². The lowest BCUT2D eigenvalue weighted by atomic mass is 10.2. The number of hydrogen-bond acceptors (Lipinski definition) is 4. The summed E-state index contributed by atoms with van der Waals surface area (Å²) in [6.07, 6.45) is 2.36. The molecule has 2 heterocycles. The molecule has 0 saturated carbocycles.